The number of ether oxygens (including phenoxy) is 4. The van der Waals surface area contributed by atoms with Crippen LogP contribution in [0.25, 0.3) is 6.08 Å². The van der Waals surface area contributed by atoms with Crippen molar-refractivity contribution >= 4 is 39.3 Å². The Morgan fingerprint density at radius 2 is 1.82 bits per heavy atom. The number of esters is 1. The maximum absolute atomic E-state index is 14.1. The number of nitrogens with zero attached hydrogens (tertiary/aromatic N) is 3. The summed E-state index contributed by atoms with van der Waals surface area (Å²) in [5, 5.41) is 9.39. The second-order valence-corrected chi connectivity index (χ2v) is 12.3. The molecule has 1 atom stereocenters. The molecule has 0 N–H and O–H groups in total. The van der Waals surface area contributed by atoms with Crippen molar-refractivity contribution in [3.63, 3.8) is 0 Å². The minimum atomic E-state index is -0.830. The van der Waals surface area contributed by atoms with Gasteiger partial charge < -0.3 is 18.9 Å². The Labute approximate surface area is 272 Å². The minimum Gasteiger partial charge on any atom is -0.496 e. The van der Waals surface area contributed by atoms with E-state index in [0.29, 0.717) is 49.0 Å². The van der Waals surface area contributed by atoms with Gasteiger partial charge in [0.05, 0.1) is 47.8 Å². The zero-order valence-corrected chi connectivity index (χ0v) is 27.7. The smallest absolute Gasteiger partial charge is 0.338 e. The van der Waals surface area contributed by atoms with E-state index in [9.17, 15) is 14.9 Å². The standard InChI is InChI=1S/C34H30BrN3O6S/c1-19(2)44-33(40)30-20(3)37-34-38(31(30)25-16-24(35)11-13-26(25)41-4)32(39)29(45-34)15-21-10-12-27(28(14-21)42-5)43-18-23-9-7-6-8-22(23)17-36/h6-16,19,31H,18H2,1-5H3/b29-15-/t31-/m0/s1. The molecule has 45 heavy (non-hydrogen) atoms. The third-order valence-electron chi connectivity index (χ3n) is 7.08. The first-order valence-corrected chi connectivity index (χ1v) is 15.6. The Hall–Kier alpha value is -4.66. The molecule has 0 radical (unpaired) electrons. The molecule has 1 aromatic heterocycles. The van der Waals surface area contributed by atoms with Gasteiger partial charge in [0.15, 0.2) is 16.3 Å². The molecule has 9 nitrogen and oxygen atoms in total. The van der Waals surface area contributed by atoms with E-state index >= 15 is 0 Å². The predicted molar refractivity (Wildman–Crippen MR) is 174 cm³/mol. The summed E-state index contributed by atoms with van der Waals surface area (Å²) in [4.78, 5) is 32.6. The van der Waals surface area contributed by atoms with Crippen molar-refractivity contribution in [1.29, 1.82) is 5.26 Å². The van der Waals surface area contributed by atoms with Crippen LogP contribution in [-0.2, 0) is 16.1 Å². The van der Waals surface area contributed by atoms with Crippen molar-refractivity contribution in [2.24, 2.45) is 4.99 Å². The lowest BCUT2D eigenvalue weighted by molar-refractivity contribution is -0.143. The number of carbonyl (C=O) groups is 1. The lowest BCUT2D eigenvalue weighted by Crippen LogP contribution is -2.40. The summed E-state index contributed by atoms with van der Waals surface area (Å²) in [5.41, 5.74) is 3.02. The summed E-state index contributed by atoms with van der Waals surface area (Å²) in [5.74, 6) is 0.928. The number of halogens is 1. The Balaban J connectivity index is 1.58. The fraction of sp³-hybridized carbons (Fsp3) is 0.235. The predicted octanol–water partition coefficient (Wildman–Crippen LogP) is 5.42. The molecule has 230 valence electrons. The van der Waals surface area contributed by atoms with Crippen LogP contribution in [0.4, 0.5) is 0 Å². The van der Waals surface area contributed by atoms with Crippen molar-refractivity contribution in [3.8, 4) is 23.3 Å². The fourth-order valence-electron chi connectivity index (χ4n) is 5.03. The molecule has 2 heterocycles. The molecule has 1 aliphatic heterocycles. The van der Waals surface area contributed by atoms with Crippen molar-refractivity contribution in [3.05, 3.63) is 118 Å². The van der Waals surface area contributed by atoms with Crippen LogP contribution >= 0.6 is 27.3 Å². The van der Waals surface area contributed by atoms with Gasteiger partial charge in [-0.15, -0.1) is 0 Å². The number of hydrogen-bond donors (Lipinski definition) is 0. The lowest BCUT2D eigenvalue weighted by atomic mass is 9.95. The quantitative estimate of drug-likeness (QED) is 0.216. The maximum Gasteiger partial charge on any atom is 0.338 e. The molecular formula is C34H30BrN3O6S. The van der Waals surface area contributed by atoms with E-state index in [-0.39, 0.29) is 23.8 Å². The molecule has 0 spiro atoms. The number of fused-ring (bicyclic) bond motifs is 1. The Bertz CT molecular complexity index is 2040. The van der Waals surface area contributed by atoms with Gasteiger partial charge in [-0.2, -0.15) is 5.26 Å². The van der Waals surface area contributed by atoms with Crippen LogP contribution in [0, 0.1) is 11.3 Å². The highest BCUT2D eigenvalue weighted by molar-refractivity contribution is 9.10. The van der Waals surface area contributed by atoms with Crippen LogP contribution in [0.1, 0.15) is 49.1 Å². The van der Waals surface area contributed by atoms with Gasteiger partial charge in [0.2, 0.25) is 0 Å². The molecule has 0 bridgehead atoms. The molecule has 0 fully saturated rings. The molecule has 1 aliphatic rings. The highest BCUT2D eigenvalue weighted by Crippen LogP contribution is 2.37. The highest BCUT2D eigenvalue weighted by atomic mass is 79.9. The second kappa shape index (κ2) is 13.5. The van der Waals surface area contributed by atoms with Gasteiger partial charge in [0, 0.05) is 15.6 Å². The van der Waals surface area contributed by atoms with Crippen molar-refractivity contribution in [2.45, 2.75) is 39.5 Å². The molecule has 0 unspecified atom stereocenters. The zero-order chi connectivity index (χ0) is 32.2. The number of methoxy groups -OCH3 is 2. The average Bonchev–Trinajstić information content (AvgIpc) is 3.32. The average molecular weight is 689 g/mol. The molecule has 11 heteroatoms. The minimum absolute atomic E-state index is 0.192. The number of hydrogen-bond acceptors (Lipinski definition) is 9. The molecular weight excluding hydrogens is 658 g/mol. The molecule has 5 rings (SSSR count). The van der Waals surface area contributed by atoms with Gasteiger partial charge >= 0.3 is 5.97 Å². The van der Waals surface area contributed by atoms with Gasteiger partial charge in [-0.25, -0.2) is 9.79 Å². The van der Waals surface area contributed by atoms with Gasteiger partial charge in [-0.1, -0.05) is 51.5 Å². The van der Waals surface area contributed by atoms with Gasteiger partial charge in [0.25, 0.3) is 5.56 Å². The molecule has 0 amide bonds. The Morgan fingerprint density at radius 3 is 2.53 bits per heavy atom. The topological polar surface area (TPSA) is 112 Å². The first-order valence-electron chi connectivity index (χ1n) is 14.0. The summed E-state index contributed by atoms with van der Waals surface area (Å²) < 4.78 is 25.5. The van der Waals surface area contributed by atoms with E-state index in [1.54, 1.807) is 64.3 Å². The van der Waals surface area contributed by atoms with Crippen molar-refractivity contribution < 1.29 is 23.7 Å². The van der Waals surface area contributed by atoms with Crippen LogP contribution in [-0.4, -0.2) is 30.9 Å². The highest BCUT2D eigenvalue weighted by Gasteiger charge is 2.35. The number of allylic oxidation sites excluding steroid dienone is 1. The first-order chi connectivity index (χ1) is 21.6. The van der Waals surface area contributed by atoms with Crippen LogP contribution in [0.3, 0.4) is 0 Å². The number of benzene rings is 3. The summed E-state index contributed by atoms with van der Waals surface area (Å²) in [6.45, 7) is 5.48. The van der Waals surface area contributed by atoms with E-state index in [1.165, 1.54) is 23.0 Å². The molecule has 0 aliphatic carbocycles. The van der Waals surface area contributed by atoms with Gasteiger partial charge in [0.1, 0.15) is 18.4 Å². The van der Waals surface area contributed by atoms with Gasteiger partial charge in [-0.3, -0.25) is 9.36 Å². The van der Waals surface area contributed by atoms with E-state index < -0.39 is 12.0 Å². The normalized spacial score (nSPS) is 14.4. The third-order valence-corrected chi connectivity index (χ3v) is 8.55. The fourth-order valence-corrected chi connectivity index (χ4v) is 6.45. The number of thiazole rings is 1. The molecule has 3 aromatic carbocycles. The Kier molecular flexibility index (Phi) is 9.56. The van der Waals surface area contributed by atoms with E-state index in [2.05, 4.69) is 27.0 Å². The number of rotatable bonds is 9. The maximum atomic E-state index is 14.1. The number of carbonyl (C=O) groups excluding carboxylic acids is 1. The van der Waals surface area contributed by atoms with Crippen LogP contribution in [0.5, 0.6) is 17.2 Å². The third kappa shape index (κ3) is 6.57. The van der Waals surface area contributed by atoms with E-state index in [1.807, 2.05) is 30.3 Å². The zero-order valence-electron chi connectivity index (χ0n) is 25.3. The SMILES string of the molecule is COc1cc(/C=c2\sc3n(c2=O)[C@@H](c2cc(Br)ccc2OC)C(C(=O)OC(C)C)=C(C)N=3)ccc1OCc1ccccc1C#N. The number of nitriles is 1. The van der Waals surface area contributed by atoms with Crippen LogP contribution in [0.15, 0.2) is 86.2 Å². The molecule has 0 saturated heterocycles. The van der Waals surface area contributed by atoms with Crippen molar-refractivity contribution in [1.82, 2.24) is 4.57 Å². The Morgan fingerprint density at radius 1 is 1.09 bits per heavy atom. The van der Waals surface area contributed by atoms with Gasteiger partial charge in [-0.05, 0) is 68.8 Å². The summed E-state index contributed by atoms with van der Waals surface area (Å²) >= 11 is 4.75. The second-order valence-electron chi connectivity index (χ2n) is 10.4. The van der Waals surface area contributed by atoms with Crippen molar-refractivity contribution in [2.75, 3.05) is 14.2 Å². The van der Waals surface area contributed by atoms with Crippen LogP contribution < -0.4 is 29.1 Å². The largest absolute Gasteiger partial charge is 0.496 e. The summed E-state index contributed by atoms with van der Waals surface area (Å²) in [6, 6.07) is 19.4. The summed E-state index contributed by atoms with van der Waals surface area (Å²) in [7, 11) is 3.08. The molecule has 0 saturated carbocycles. The lowest BCUT2D eigenvalue weighted by Gasteiger charge is -2.26. The number of aromatic nitrogens is 1. The molecule has 4 aromatic rings. The first kappa shape index (κ1) is 31.8. The van der Waals surface area contributed by atoms with E-state index in [0.717, 1.165) is 10.0 Å². The van der Waals surface area contributed by atoms with Crippen LogP contribution in [0.2, 0.25) is 0 Å². The monoisotopic (exact) mass is 687 g/mol. The summed E-state index contributed by atoms with van der Waals surface area (Å²) in [6.07, 6.45) is 1.39. The van der Waals surface area contributed by atoms with E-state index in [4.69, 9.17) is 18.9 Å².